The Balaban J connectivity index is 3.44. The Labute approximate surface area is 86.1 Å². The van der Waals surface area contributed by atoms with Crippen molar-refractivity contribution in [2.24, 2.45) is 0 Å². The van der Waals surface area contributed by atoms with Gasteiger partial charge in [0.05, 0.1) is 6.42 Å². The molecule has 0 amide bonds. The van der Waals surface area contributed by atoms with E-state index in [0.29, 0.717) is 12.1 Å². The van der Waals surface area contributed by atoms with E-state index >= 15 is 0 Å². The van der Waals surface area contributed by atoms with Crippen LogP contribution in [0.3, 0.4) is 0 Å². The van der Waals surface area contributed by atoms with E-state index in [-0.39, 0.29) is 5.78 Å². The first-order chi connectivity index (χ1) is 6.72. The molecule has 0 unspecified atom stereocenters. The van der Waals surface area contributed by atoms with Crippen LogP contribution in [0.5, 0.6) is 0 Å². The predicted octanol–water partition coefficient (Wildman–Crippen LogP) is 3.00. The van der Waals surface area contributed by atoms with Crippen LogP contribution in [0, 0.1) is 0 Å². The molecule has 0 saturated carbocycles. The number of hydrogen-bond donors (Lipinski definition) is 0. The van der Waals surface area contributed by atoms with Crippen molar-refractivity contribution in [3.63, 3.8) is 0 Å². The molecule has 14 heavy (non-hydrogen) atoms. The summed E-state index contributed by atoms with van der Waals surface area (Å²) >= 11 is 0. The predicted molar refractivity (Wildman–Crippen MR) is 57.3 cm³/mol. The molecule has 0 fully saturated rings. The molecule has 0 radical (unpaired) electrons. The largest absolute Gasteiger partial charge is 0.361 e. The number of carbonyl (C=O) groups is 1. The zero-order chi connectivity index (χ0) is 10.8. The van der Waals surface area contributed by atoms with Crippen LogP contribution in [0.1, 0.15) is 58.8 Å². The molecule has 0 aliphatic carbocycles. The highest BCUT2D eigenvalue weighted by atomic mass is 16.1. The van der Waals surface area contributed by atoms with E-state index in [9.17, 15) is 4.79 Å². The molecular weight excluding hydrogens is 176 g/mol. The Kier molecular flexibility index (Phi) is 8.05. The van der Waals surface area contributed by atoms with Gasteiger partial charge in [-0.3, -0.25) is 4.79 Å². The first-order valence-corrected chi connectivity index (χ1v) is 5.44. The summed E-state index contributed by atoms with van der Waals surface area (Å²) in [7, 11) is 0. The topological polar surface area (TPSA) is 53.5 Å². The number of hydrogen-bond acceptors (Lipinski definition) is 1. The molecule has 0 heterocycles. The van der Waals surface area contributed by atoms with E-state index in [1.807, 2.05) is 0 Å². The molecule has 0 aliphatic heterocycles. The van der Waals surface area contributed by atoms with Crippen LogP contribution in [0.4, 0.5) is 0 Å². The second kappa shape index (κ2) is 8.64. The zero-order valence-corrected chi connectivity index (χ0v) is 9.25. The fourth-order valence-corrected chi connectivity index (χ4v) is 1.37. The van der Waals surface area contributed by atoms with E-state index in [4.69, 9.17) is 5.53 Å². The Morgan fingerprint density at radius 2 is 1.71 bits per heavy atom. The van der Waals surface area contributed by atoms with Crippen molar-refractivity contribution in [3.05, 3.63) is 5.53 Å². The van der Waals surface area contributed by atoms with Gasteiger partial charge in [0.15, 0.2) is 0 Å². The summed E-state index contributed by atoms with van der Waals surface area (Å²) in [6.45, 7) is 3.62. The minimum atomic E-state index is -0.124. The SMILES string of the molecule is CCCCCCCCC(=[N+]=[N-])C(C)=O. The third kappa shape index (κ3) is 6.55. The van der Waals surface area contributed by atoms with Gasteiger partial charge in [-0.2, -0.15) is 4.79 Å². The second-order valence-corrected chi connectivity index (χ2v) is 3.62. The summed E-state index contributed by atoms with van der Waals surface area (Å²) < 4.78 is 0. The molecule has 0 atom stereocenters. The summed E-state index contributed by atoms with van der Waals surface area (Å²) in [4.78, 5) is 13.8. The molecule has 0 N–H and O–H groups in total. The number of ketones is 1. The first kappa shape index (κ1) is 13.1. The first-order valence-electron chi connectivity index (χ1n) is 5.44. The van der Waals surface area contributed by atoms with E-state index in [1.165, 1.54) is 32.6 Å². The van der Waals surface area contributed by atoms with Gasteiger partial charge in [-0.25, -0.2) is 0 Å². The van der Waals surface area contributed by atoms with Crippen LogP contribution in [-0.2, 0) is 4.79 Å². The fourth-order valence-electron chi connectivity index (χ4n) is 1.37. The number of nitrogens with zero attached hydrogens (tertiary/aromatic N) is 2. The molecule has 0 aromatic rings. The van der Waals surface area contributed by atoms with Gasteiger partial charge in [0.25, 0.3) is 0 Å². The van der Waals surface area contributed by atoms with E-state index < -0.39 is 0 Å². The van der Waals surface area contributed by atoms with E-state index in [2.05, 4.69) is 11.7 Å². The molecule has 3 nitrogen and oxygen atoms in total. The third-order valence-corrected chi connectivity index (χ3v) is 2.29. The summed E-state index contributed by atoms with van der Waals surface area (Å²) in [5.74, 6) is -0.124. The lowest BCUT2D eigenvalue weighted by atomic mass is 10.1. The number of carbonyl (C=O) groups excluding carboxylic acids is 1. The Morgan fingerprint density at radius 3 is 2.21 bits per heavy atom. The Hall–Kier alpha value is -0.950. The van der Waals surface area contributed by atoms with Gasteiger partial charge in [0.2, 0.25) is 5.78 Å². The second-order valence-electron chi connectivity index (χ2n) is 3.62. The van der Waals surface area contributed by atoms with Crippen LogP contribution in [-0.4, -0.2) is 16.3 Å². The summed E-state index contributed by atoms with van der Waals surface area (Å²) in [5, 5.41) is 0. The molecule has 0 rings (SSSR count). The van der Waals surface area contributed by atoms with E-state index in [1.54, 1.807) is 0 Å². The standard InChI is InChI=1S/C11H20N2O/c1-3-4-5-6-7-8-9-11(13-12)10(2)14/h3-9H2,1-2H3. The Bertz CT molecular complexity index is 217. The average molecular weight is 196 g/mol. The maximum absolute atomic E-state index is 10.9. The normalized spacial score (nSPS) is 9.57. The van der Waals surface area contributed by atoms with Gasteiger partial charge in [0.1, 0.15) is 0 Å². The number of Topliss-reactive ketones (excluding diaryl/α,β-unsaturated/α-hetero) is 1. The highest BCUT2D eigenvalue weighted by molar-refractivity contribution is 6.36. The highest BCUT2D eigenvalue weighted by Crippen LogP contribution is 2.07. The molecule has 0 aromatic heterocycles. The minimum Gasteiger partial charge on any atom is -0.361 e. The quantitative estimate of drug-likeness (QED) is 0.255. The van der Waals surface area contributed by atoms with Crippen molar-refractivity contribution in [2.45, 2.75) is 58.8 Å². The Morgan fingerprint density at radius 1 is 1.14 bits per heavy atom. The number of unbranched alkanes of at least 4 members (excludes halogenated alkanes) is 5. The van der Waals surface area contributed by atoms with Crippen LogP contribution in [0.15, 0.2) is 0 Å². The lowest BCUT2D eigenvalue weighted by Crippen LogP contribution is -2.10. The summed E-state index contributed by atoms with van der Waals surface area (Å²) in [6.07, 6.45) is 7.68. The van der Waals surface area contributed by atoms with Crippen LogP contribution < -0.4 is 0 Å². The smallest absolute Gasteiger partial charge is 0.334 e. The molecule has 0 aromatic carbocycles. The fraction of sp³-hybridized carbons (Fsp3) is 0.818. The van der Waals surface area contributed by atoms with Gasteiger partial charge in [-0.1, -0.05) is 39.0 Å². The summed E-state index contributed by atoms with van der Waals surface area (Å²) in [5.41, 5.74) is 8.81. The van der Waals surface area contributed by atoms with Crippen LogP contribution in [0.2, 0.25) is 0 Å². The van der Waals surface area contributed by atoms with Crippen molar-refractivity contribution in [1.82, 2.24) is 0 Å². The van der Waals surface area contributed by atoms with Crippen LogP contribution in [0.25, 0.3) is 5.53 Å². The average Bonchev–Trinajstić information content (AvgIpc) is 2.16. The molecule has 80 valence electrons. The zero-order valence-electron chi connectivity index (χ0n) is 9.25. The van der Waals surface area contributed by atoms with Gasteiger partial charge >= 0.3 is 5.71 Å². The molecule has 3 heteroatoms. The van der Waals surface area contributed by atoms with Gasteiger partial charge in [0, 0.05) is 6.92 Å². The molecule has 0 spiro atoms. The maximum atomic E-state index is 10.9. The molecule has 0 aliphatic rings. The molecular formula is C11H20N2O. The third-order valence-electron chi connectivity index (χ3n) is 2.29. The lowest BCUT2D eigenvalue weighted by Gasteiger charge is -1.97. The van der Waals surface area contributed by atoms with Gasteiger partial charge < -0.3 is 5.53 Å². The summed E-state index contributed by atoms with van der Waals surface area (Å²) in [6, 6.07) is 0. The highest BCUT2D eigenvalue weighted by Gasteiger charge is 2.12. The minimum absolute atomic E-state index is 0.124. The monoisotopic (exact) mass is 196 g/mol. The van der Waals surface area contributed by atoms with Crippen molar-refractivity contribution in [2.75, 3.05) is 0 Å². The van der Waals surface area contributed by atoms with Crippen molar-refractivity contribution < 1.29 is 9.58 Å². The maximum Gasteiger partial charge on any atom is 0.334 e. The van der Waals surface area contributed by atoms with Crippen molar-refractivity contribution in [3.8, 4) is 0 Å². The molecule has 0 bridgehead atoms. The van der Waals surface area contributed by atoms with Gasteiger partial charge in [-0.15, -0.1) is 0 Å². The number of rotatable bonds is 8. The van der Waals surface area contributed by atoms with Gasteiger partial charge in [-0.05, 0) is 6.42 Å². The lowest BCUT2D eigenvalue weighted by molar-refractivity contribution is -0.115. The van der Waals surface area contributed by atoms with E-state index in [0.717, 1.165) is 12.8 Å². The molecule has 0 saturated heterocycles. The van der Waals surface area contributed by atoms with Crippen molar-refractivity contribution in [1.29, 1.82) is 0 Å². The van der Waals surface area contributed by atoms with Crippen molar-refractivity contribution >= 4 is 11.5 Å². The van der Waals surface area contributed by atoms with Crippen LogP contribution >= 0.6 is 0 Å².